The molecule has 0 radical (unpaired) electrons. The normalized spacial score (nSPS) is 17.5. The van der Waals surface area contributed by atoms with Gasteiger partial charge in [-0.2, -0.15) is 0 Å². The van der Waals surface area contributed by atoms with Crippen LogP contribution in [0, 0.1) is 0 Å². The van der Waals surface area contributed by atoms with Crippen LogP contribution in [-0.2, 0) is 4.79 Å². The Kier molecular flexibility index (Phi) is 3.27. The maximum Gasteiger partial charge on any atom is 0.133 e. The Morgan fingerprint density at radius 1 is 1.17 bits per heavy atom. The first-order chi connectivity index (χ1) is 5.68. The monoisotopic (exact) mass is 164 g/mol. The fourth-order valence-electron chi connectivity index (χ4n) is 1.30. The maximum absolute atomic E-state index is 10.9. The molecule has 0 aromatic heterocycles. The second-order valence-corrected chi connectivity index (χ2v) is 3.61. The van der Waals surface area contributed by atoms with E-state index in [0.29, 0.717) is 5.78 Å². The average Bonchev–Trinajstić information content (AvgIpc) is 2.03. The van der Waals surface area contributed by atoms with Gasteiger partial charge in [-0.15, -0.1) is 0 Å². The minimum Gasteiger partial charge on any atom is -0.300 e. The van der Waals surface area contributed by atoms with Gasteiger partial charge in [0, 0.05) is 12.8 Å². The lowest BCUT2D eigenvalue weighted by atomic mass is 9.93. The molecule has 1 heteroatoms. The molecule has 1 nitrogen and oxygen atoms in total. The Balaban J connectivity index is 2.49. The van der Waals surface area contributed by atoms with E-state index in [9.17, 15) is 4.79 Å². The van der Waals surface area contributed by atoms with E-state index in [4.69, 9.17) is 0 Å². The fourth-order valence-corrected chi connectivity index (χ4v) is 1.30. The molecule has 1 aliphatic carbocycles. The van der Waals surface area contributed by atoms with Crippen LogP contribution in [0.5, 0.6) is 0 Å². The predicted molar refractivity (Wildman–Crippen MR) is 51.0 cm³/mol. The summed E-state index contributed by atoms with van der Waals surface area (Å²) in [6.07, 6.45) is 7.75. The van der Waals surface area contributed by atoms with E-state index in [1.165, 1.54) is 11.1 Å². The van der Waals surface area contributed by atoms with Crippen molar-refractivity contribution in [3.63, 3.8) is 0 Å². The van der Waals surface area contributed by atoms with E-state index >= 15 is 0 Å². The van der Waals surface area contributed by atoms with E-state index < -0.39 is 0 Å². The molecule has 0 aromatic rings. The van der Waals surface area contributed by atoms with Gasteiger partial charge in [-0.3, -0.25) is 4.79 Å². The topological polar surface area (TPSA) is 17.1 Å². The van der Waals surface area contributed by atoms with Gasteiger partial charge in [-0.1, -0.05) is 23.3 Å². The third-order valence-electron chi connectivity index (χ3n) is 2.10. The number of hydrogen-bond acceptors (Lipinski definition) is 1. The van der Waals surface area contributed by atoms with E-state index in [2.05, 4.69) is 26.0 Å². The molecule has 0 N–H and O–H groups in total. The van der Waals surface area contributed by atoms with Gasteiger partial charge in [0.25, 0.3) is 0 Å². The molecule has 1 saturated carbocycles. The number of carbonyl (C=O) groups is 1. The Morgan fingerprint density at radius 2 is 1.75 bits per heavy atom. The van der Waals surface area contributed by atoms with E-state index in [0.717, 1.165) is 25.7 Å². The van der Waals surface area contributed by atoms with Crippen LogP contribution in [0.25, 0.3) is 0 Å². The zero-order valence-electron chi connectivity index (χ0n) is 7.89. The molecular weight excluding hydrogens is 148 g/mol. The molecule has 0 aliphatic heterocycles. The molecular formula is C11H16O. The van der Waals surface area contributed by atoms with Crippen molar-refractivity contribution < 1.29 is 4.79 Å². The van der Waals surface area contributed by atoms with Gasteiger partial charge in [0.15, 0.2) is 0 Å². The van der Waals surface area contributed by atoms with Crippen LogP contribution in [0.15, 0.2) is 23.3 Å². The molecule has 0 atom stereocenters. The van der Waals surface area contributed by atoms with E-state index in [1.807, 2.05) is 0 Å². The quantitative estimate of drug-likeness (QED) is 0.582. The summed E-state index contributed by atoms with van der Waals surface area (Å²) in [7, 11) is 0. The van der Waals surface area contributed by atoms with Crippen LogP contribution < -0.4 is 0 Å². The van der Waals surface area contributed by atoms with Gasteiger partial charge in [-0.25, -0.2) is 0 Å². The first-order valence-corrected chi connectivity index (χ1v) is 4.53. The lowest BCUT2D eigenvalue weighted by molar-refractivity contribution is -0.119. The van der Waals surface area contributed by atoms with Crippen LogP contribution in [0.4, 0.5) is 0 Å². The Bertz CT molecular complexity index is 217. The van der Waals surface area contributed by atoms with Gasteiger partial charge in [0.2, 0.25) is 0 Å². The van der Waals surface area contributed by atoms with Crippen LogP contribution in [0.3, 0.4) is 0 Å². The van der Waals surface area contributed by atoms with Crippen molar-refractivity contribution in [2.75, 3.05) is 0 Å². The SMILES string of the molecule is CC(C)=CC=C1CCC(=O)CC1. The number of hydrogen-bond donors (Lipinski definition) is 0. The molecule has 0 spiro atoms. The summed E-state index contributed by atoms with van der Waals surface area (Å²) < 4.78 is 0. The molecule has 12 heavy (non-hydrogen) atoms. The van der Waals surface area contributed by atoms with Crippen LogP contribution in [0.2, 0.25) is 0 Å². The molecule has 1 rings (SSSR count). The lowest BCUT2D eigenvalue weighted by Crippen LogP contribution is -2.05. The largest absolute Gasteiger partial charge is 0.300 e. The van der Waals surface area contributed by atoms with Crippen molar-refractivity contribution in [1.29, 1.82) is 0 Å². The number of ketones is 1. The van der Waals surface area contributed by atoms with Gasteiger partial charge in [-0.05, 0) is 26.7 Å². The Labute approximate surface area is 74.2 Å². The third-order valence-corrected chi connectivity index (χ3v) is 2.10. The molecule has 0 amide bonds. The fraction of sp³-hybridized carbons (Fsp3) is 0.545. The second kappa shape index (κ2) is 4.24. The summed E-state index contributed by atoms with van der Waals surface area (Å²) >= 11 is 0. The molecule has 1 aliphatic rings. The minimum absolute atomic E-state index is 0.421. The van der Waals surface area contributed by atoms with Gasteiger partial charge < -0.3 is 0 Å². The average molecular weight is 164 g/mol. The zero-order chi connectivity index (χ0) is 8.97. The second-order valence-electron chi connectivity index (χ2n) is 3.61. The maximum atomic E-state index is 10.9. The van der Waals surface area contributed by atoms with Gasteiger partial charge in [0.05, 0.1) is 0 Å². The highest BCUT2D eigenvalue weighted by atomic mass is 16.1. The summed E-state index contributed by atoms with van der Waals surface area (Å²) in [6, 6.07) is 0. The van der Waals surface area contributed by atoms with Crippen molar-refractivity contribution in [2.24, 2.45) is 0 Å². The van der Waals surface area contributed by atoms with Crippen molar-refractivity contribution in [2.45, 2.75) is 39.5 Å². The molecule has 66 valence electrons. The highest BCUT2D eigenvalue weighted by Crippen LogP contribution is 2.20. The molecule has 0 aromatic carbocycles. The number of rotatable bonds is 1. The third kappa shape index (κ3) is 3.04. The highest BCUT2D eigenvalue weighted by Gasteiger charge is 2.11. The van der Waals surface area contributed by atoms with Crippen molar-refractivity contribution in [3.05, 3.63) is 23.3 Å². The number of Topliss-reactive ketones (excluding diaryl/α,β-unsaturated/α-hetero) is 1. The van der Waals surface area contributed by atoms with E-state index in [1.54, 1.807) is 0 Å². The smallest absolute Gasteiger partial charge is 0.133 e. The summed E-state index contributed by atoms with van der Waals surface area (Å²) in [5.41, 5.74) is 2.75. The molecule has 0 saturated heterocycles. The molecule has 0 heterocycles. The van der Waals surface area contributed by atoms with Crippen molar-refractivity contribution in [3.8, 4) is 0 Å². The van der Waals surface area contributed by atoms with Gasteiger partial charge >= 0.3 is 0 Å². The van der Waals surface area contributed by atoms with Crippen LogP contribution in [-0.4, -0.2) is 5.78 Å². The van der Waals surface area contributed by atoms with Crippen LogP contribution in [0.1, 0.15) is 39.5 Å². The highest BCUT2D eigenvalue weighted by molar-refractivity contribution is 5.80. The summed E-state index contributed by atoms with van der Waals surface area (Å²) in [6.45, 7) is 4.18. The zero-order valence-corrected chi connectivity index (χ0v) is 7.89. The van der Waals surface area contributed by atoms with Crippen molar-refractivity contribution in [1.82, 2.24) is 0 Å². The molecule has 0 bridgehead atoms. The van der Waals surface area contributed by atoms with E-state index in [-0.39, 0.29) is 0 Å². The molecule has 1 fully saturated rings. The first kappa shape index (κ1) is 9.24. The lowest BCUT2D eigenvalue weighted by Gasteiger charge is -2.11. The summed E-state index contributed by atoms with van der Waals surface area (Å²) in [5.74, 6) is 0.421. The first-order valence-electron chi connectivity index (χ1n) is 4.53. The van der Waals surface area contributed by atoms with Crippen molar-refractivity contribution >= 4 is 5.78 Å². The number of allylic oxidation sites excluding steroid dienone is 4. The number of carbonyl (C=O) groups excluding carboxylic acids is 1. The van der Waals surface area contributed by atoms with Crippen LogP contribution >= 0.6 is 0 Å². The standard InChI is InChI=1S/C11H16O/c1-9(2)3-4-10-5-7-11(12)8-6-10/h3-4H,5-8H2,1-2H3. The Morgan fingerprint density at radius 3 is 2.25 bits per heavy atom. The summed E-state index contributed by atoms with van der Waals surface area (Å²) in [4.78, 5) is 10.9. The van der Waals surface area contributed by atoms with Gasteiger partial charge in [0.1, 0.15) is 5.78 Å². The predicted octanol–water partition coefficient (Wildman–Crippen LogP) is 3.02. The minimum atomic E-state index is 0.421. The Hall–Kier alpha value is -0.850. The molecule has 0 unspecified atom stereocenters. The summed E-state index contributed by atoms with van der Waals surface area (Å²) in [5, 5.41) is 0.